The van der Waals surface area contributed by atoms with Crippen molar-refractivity contribution < 1.29 is 17.9 Å². The number of carbonyl (C=O) groups excluding carboxylic acids is 1. The number of rotatable bonds is 10. The Morgan fingerprint density at radius 3 is 2.10 bits per heavy atom. The molecule has 0 heterocycles. The summed E-state index contributed by atoms with van der Waals surface area (Å²) in [5.41, 5.74) is 2.63. The lowest BCUT2D eigenvalue weighted by Gasteiger charge is -2.31. The molecule has 1 N–H and O–H groups in total. The first-order valence-electron chi connectivity index (χ1n) is 10.3. The SMILES string of the molecule is CCOc1ccc(N([C@H](CC)C(=O)N[C@@H](C)c2ccc(CC)cc2)S(C)(=O)=O)cc1. The summed E-state index contributed by atoms with van der Waals surface area (Å²) in [4.78, 5) is 13.1. The van der Waals surface area contributed by atoms with E-state index in [0.717, 1.165) is 18.2 Å². The molecule has 0 bridgehead atoms. The van der Waals surface area contributed by atoms with Crippen molar-refractivity contribution in [1.82, 2.24) is 5.32 Å². The van der Waals surface area contributed by atoms with E-state index in [4.69, 9.17) is 4.74 Å². The third kappa shape index (κ3) is 5.98. The molecule has 2 rings (SSSR count). The van der Waals surface area contributed by atoms with Crippen molar-refractivity contribution >= 4 is 21.6 Å². The van der Waals surface area contributed by atoms with Gasteiger partial charge in [0.2, 0.25) is 15.9 Å². The van der Waals surface area contributed by atoms with Crippen LogP contribution in [0.25, 0.3) is 0 Å². The van der Waals surface area contributed by atoms with Gasteiger partial charge in [0.05, 0.1) is 24.6 Å². The standard InChI is InChI=1S/C23H32N2O4S/c1-6-18-9-11-19(12-10-18)17(4)24-23(26)22(7-2)25(30(5,27)28)20-13-15-21(16-14-20)29-8-3/h9-17,22H,6-8H2,1-5H3,(H,24,26)/t17-,22+/m0/s1. The molecular formula is C23H32N2O4S. The number of nitrogens with one attached hydrogen (secondary N) is 1. The topological polar surface area (TPSA) is 75.7 Å². The van der Waals surface area contributed by atoms with Crippen LogP contribution in [-0.4, -0.2) is 33.2 Å². The van der Waals surface area contributed by atoms with Crippen LogP contribution in [0, 0.1) is 0 Å². The van der Waals surface area contributed by atoms with E-state index in [0.29, 0.717) is 24.5 Å². The summed E-state index contributed by atoms with van der Waals surface area (Å²) in [5.74, 6) is 0.320. The number of benzene rings is 2. The molecule has 7 heteroatoms. The van der Waals surface area contributed by atoms with Crippen molar-refractivity contribution in [2.75, 3.05) is 17.2 Å². The highest BCUT2D eigenvalue weighted by Gasteiger charge is 2.32. The Bertz CT molecular complexity index is 925. The van der Waals surface area contributed by atoms with Crippen LogP contribution in [0.4, 0.5) is 5.69 Å². The third-order valence-corrected chi connectivity index (χ3v) is 6.16. The molecule has 0 aliphatic carbocycles. The van der Waals surface area contributed by atoms with Gasteiger partial charge in [-0.2, -0.15) is 0 Å². The normalized spacial score (nSPS) is 13.4. The minimum absolute atomic E-state index is 0.237. The lowest BCUT2D eigenvalue weighted by atomic mass is 10.0. The van der Waals surface area contributed by atoms with Gasteiger partial charge in [-0.15, -0.1) is 0 Å². The minimum Gasteiger partial charge on any atom is -0.494 e. The van der Waals surface area contributed by atoms with E-state index < -0.39 is 16.1 Å². The van der Waals surface area contributed by atoms with Crippen molar-refractivity contribution in [1.29, 1.82) is 0 Å². The van der Waals surface area contributed by atoms with E-state index >= 15 is 0 Å². The van der Waals surface area contributed by atoms with Crippen molar-refractivity contribution in [2.24, 2.45) is 0 Å². The Morgan fingerprint density at radius 1 is 1.03 bits per heavy atom. The first-order chi connectivity index (χ1) is 14.2. The molecule has 164 valence electrons. The number of aryl methyl sites for hydroxylation is 1. The summed E-state index contributed by atoms with van der Waals surface area (Å²) < 4.78 is 31.8. The van der Waals surface area contributed by atoms with E-state index in [1.54, 1.807) is 31.2 Å². The van der Waals surface area contributed by atoms with E-state index in [-0.39, 0.29) is 11.9 Å². The molecule has 0 radical (unpaired) electrons. The molecule has 6 nitrogen and oxygen atoms in total. The zero-order valence-corrected chi connectivity index (χ0v) is 19.2. The maximum atomic E-state index is 13.1. The minimum atomic E-state index is -3.68. The molecule has 0 spiro atoms. The van der Waals surface area contributed by atoms with E-state index in [1.165, 1.54) is 9.87 Å². The number of amides is 1. The smallest absolute Gasteiger partial charge is 0.244 e. The molecule has 2 aromatic carbocycles. The van der Waals surface area contributed by atoms with Crippen LogP contribution in [0.15, 0.2) is 48.5 Å². The first-order valence-corrected chi connectivity index (χ1v) is 12.2. The maximum Gasteiger partial charge on any atom is 0.244 e. The molecule has 2 aromatic rings. The lowest BCUT2D eigenvalue weighted by Crippen LogP contribution is -2.49. The Kier molecular flexibility index (Phi) is 8.29. The van der Waals surface area contributed by atoms with Gasteiger partial charge in [0.15, 0.2) is 0 Å². The number of hydrogen-bond acceptors (Lipinski definition) is 4. The van der Waals surface area contributed by atoms with Crippen molar-refractivity contribution in [2.45, 2.75) is 52.6 Å². The predicted octanol–water partition coefficient (Wildman–Crippen LogP) is 4.07. The zero-order valence-electron chi connectivity index (χ0n) is 18.4. The quantitative estimate of drug-likeness (QED) is 0.614. The highest BCUT2D eigenvalue weighted by molar-refractivity contribution is 7.92. The van der Waals surface area contributed by atoms with Crippen LogP contribution < -0.4 is 14.4 Å². The van der Waals surface area contributed by atoms with E-state index in [9.17, 15) is 13.2 Å². The fourth-order valence-corrected chi connectivity index (χ4v) is 4.56. The molecule has 0 saturated heterocycles. The number of hydrogen-bond donors (Lipinski definition) is 1. The van der Waals surface area contributed by atoms with Crippen LogP contribution in [0.5, 0.6) is 5.75 Å². The van der Waals surface area contributed by atoms with Gasteiger partial charge in [0.25, 0.3) is 0 Å². The summed E-state index contributed by atoms with van der Waals surface area (Å²) in [6.45, 7) is 8.19. The lowest BCUT2D eigenvalue weighted by molar-refractivity contribution is -0.122. The molecule has 0 saturated carbocycles. The third-order valence-electron chi connectivity index (χ3n) is 4.98. The largest absolute Gasteiger partial charge is 0.494 e. The van der Waals surface area contributed by atoms with Gasteiger partial charge < -0.3 is 10.1 Å². The summed E-state index contributed by atoms with van der Waals surface area (Å²) in [7, 11) is -3.68. The van der Waals surface area contributed by atoms with Crippen molar-refractivity contribution in [3.8, 4) is 5.75 Å². The molecule has 30 heavy (non-hydrogen) atoms. The highest BCUT2D eigenvalue weighted by atomic mass is 32.2. The van der Waals surface area contributed by atoms with Crippen LogP contribution >= 0.6 is 0 Å². The molecule has 0 aliphatic rings. The Balaban J connectivity index is 2.26. The number of nitrogens with zero attached hydrogens (tertiary/aromatic N) is 1. The molecular weight excluding hydrogens is 400 g/mol. The molecule has 0 aliphatic heterocycles. The second kappa shape index (κ2) is 10.5. The van der Waals surface area contributed by atoms with Crippen molar-refractivity contribution in [3.63, 3.8) is 0 Å². The van der Waals surface area contributed by atoms with E-state index in [2.05, 4.69) is 12.2 Å². The second-order valence-electron chi connectivity index (χ2n) is 7.24. The molecule has 1 amide bonds. The summed E-state index contributed by atoms with van der Waals surface area (Å²) >= 11 is 0. The first kappa shape index (κ1) is 23.7. The van der Waals surface area contributed by atoms with Gasteiger partial charge in [0.1, 0.15) is 11.8 Å². The van der Waals surface area contributed by atoms with Gasteiger partial charge in [-0.3, -0.25) is 9.10 Å². The average molecular weight is 433 g/mol. The van der Waals surface area contributed by atoms with Gasteiger partial charge in [0, 0.05) is 0 Å². The van der Waals surface area contributed by atoms with Gasteiger partial charge in [-0.1, -0.05) is 38.1 Å². The highest BCUT2D eigenvalue weighted by Crippen LogP contribution is 2.26. The predicted molar refractivity (Wildman–Crippen MR) is 121 cm³/mol. The Hall–Kier alpha value is -2.54. The maximum absolute atomic E-state index is 13.1. The average Bonchev–Trinajstić information content (AvgIpc) is 2.72. The number of carbonyl (C=O) groups is 1. The number of ether oxygens (including phenoxy) is 1. The fraction of sp³-hybridized carbons (Fsp3) is 0.435. The number of sulfonamides is 1. The van der Waals surface area contributed by atoms with Crippen LogP contribution in [0.1, 0.15) is 51.3 Å². The van der Waals surface area contributed by atoms with Crippen LogP contribution in [0.3, 0.4) is 0 Å². The molecule has 0 aromatic heterocycles. The molecule has 0 unspecified atom stereocenters. The Labute approximate surface area is 180 Å². The van der Waals surface area contributed by atoms with Crippen molar-refractivity contribution in [3.05, 3.63) is 59.7 Å². The fourth-order valence-electron chi connectivity index (χ4n) is 3.35. The van der Waals surface area contributed by atoms with Crippen LogP contribution in [0.2, 0.25) is 0 Å². The van der Waals surface area contributed by atoms with Crippen LogP contribution in [-0.2, 0) is 21.2 Å². The summed E-state index contributed by atoms with van der Waals surface area (Å²) in [5, 5.41) is 2.97. The monoisotopic (exact) mass is 432 g/mol. The van der Waals surface area contributed by atoms with E-state index in [1.807, 2.05) is 38.1 Å². The second-order valence-corrected chi connectivity index (χ2v) is 9.09. The summed E-state index contributed by atoms with van der Waals surface area (Å²) in [6, 6.07) is 13.7. The molecule has 2 atom stereocenters. The van der Waals surface area contributed by atoms with Gasteiger partial charge in [-0.25, -0.2) is 8.42 Å². The number of anilines is 1. The summed E-state index contributed by atoms with van der Waals surface area (Å²) in [6.07, 6.45) is 2.41. The zero-order chi connectivity index (χ0) is 22.3. The Morgan fingerprint density at radius 2 is 1.63 bits per heavy atom. The molecule has 0 fully saturated rings. The van der Waals surface area contributed by atoms with Gasteiger partial charge >= 0.3 is 0 Å². The van der Waals surface area contributed by atoms with Gasteiger partial charge in [-0.05, 0) is 62.1 Å².